The Bertz CT molecular complexity index is 423. The van der Waals surface area contributed by atoms with E-state index in [9.17, 15) is 4.39 Å². The van der Waals surface area contributed by atoms with Gasteiger partial charge in [-0.1, -0.05) is 0 Å². The molecule has 3 unspecified atom stereocenters. The van der Waals surface area contributed by atoms with Crippen molar-refractivity contribution in [1.82, 2.24) is 4.90 Å². The highest BCUT2D eigenvalue weighted by Crippen LogP contribution is 2.36. The smallest absolute Gasteiger partial charge is 0.123 e. The van der Waals surface area contributed by atoms with Crippen LogP contribution in [-0.4, -0.2) is 37.2 Å². The number of hydrogen-bond donors (Lipinski definition) is 1. The van der Waals surface area contributed by atoms with Crippen LogP contribution in [0.2, 0.25) is 0 Å². The molecule has 0 amide bonds. The highest BCUT2D eigenvalue weighted by Gasteiger charge is 2.40. The topological polar surface area (TPSA) is 38.5 Å². The van der Waals surface area contributed by atoms with Crippen LogP contribution in [0.3, 0.4) is 0 Å². The molecule has 19 heavy (non-hydrogen) atoms. The van der Waals surface area contributed by atoms with Crippen LogP contribution in [0.15, 0.2) is 24.3 Å². The molecule has 1 aliphatic heterocycles. The Morgan fingerprint density at radius 1 is 1.21 bits per heavy atom. The SMILES string of the molecule is NC1CCC2CN(CCOc3ccc(F)cc3)CC12. The van der Waals surface area contributed by atoms with Crippen LogP contribution in [0.25, 0.3) is 0 Å². The van der Waals surface area contributed by atoms with Crippen molar-refractivity contribution in [1.29, 1.82) is 0 Å². The summed E-state index contributed by atoms with van der Waals surface area (Å²) in [4.78, 5) is 2.44. The Labute approximate surface area is 113 Å². The Morgan fingerprint density at radius 3 is 2.74 bits per heavy atom. The number of nitrogens with zero attached hydrogens (tertiary/aromatic N) is 1. The Morgan fingerprint density at radius 2 is 2.00 bits per heavy atom. The van der Waals surface area contributed by atoms with Gasteiger partial charge in [0.05, 0.1) is 0 Å². The summed E-state index contributed by atoms with van der Waals surface area (Å²) in [6.07, 6.45) is 2.47. The van der Waals surface area contributed by atoms with Crippen molar-refractivity contribution < 1.29 is 9.13 Å². The van der Waals surface area contributed by atoms with Gasteiger partial charge in [-0.25, -0.2) is 4.39 Å². The molecule has 2 fully saturated rings. The molecule has 0 radical (unpaired) electrons. The number of halogens is 1. The highest BCUT2D eigenvalue weighted by atomic mass is 19.1. The zero-order chi connectivity index (χ0) is 13.2. The normalized spacial score (nSPS) is 30.5. The van der Waals surface area contributed by atoms with Crippen molar-refractivity contribution in [2.24, 2.45) is 17.6 Å². The van der Waals surface area contributed by atoms with Crippen molar-refractivity contribution in [2.75, 3.05) is 26.2 Å². The van der Waals surface area contributed by atoms with E-state index in [1.165, 1.54) is 25.0 Å². The zero-order valence-electron chi connectivity index (χ0n) is 11.1. The molecule has 1 saturated carbocycles. The lowest BCUT2D eigenvalue weighted by Gasteiger charge is -2.18. The summed E-state index contributed by atoms with van der Waals surface area (Å²) < 4.78 is 18.4. The third kappa shape index (κ3) is 2.90. The van der Waals surface area contributed by atoms with Crippen LogP contribution >= 0.6 is 0 Å². The molecule has 2 aliphatic rings. The molecule has 1 saturated heterocycles. The van der Waals surface area contributed by atoms with E-state index >= 15 is 0 Å². The molecular formula is C15H21FN2O. The van der Waals surface area contributed by atoms with Crippen molar-refractivity contribution in [3.63, 3.8) is 0 Å². The molecule has 0 bridgehead atoms. The van der Waals surface area contributed by atoms with Crippen LogP contribution in [0.5, 0.6) is 5.75 Å². The first-order chi connectivity index (χ1) is 9.22. The molecule has 2 N–H and O–H groups in total. The fraction of sp³-hybridized carbons (Fsp3) is 0.600. The summed E-state index contributed by atoms with van der Waals surface area (Å²) >= 11 is 0. The van der Waals surface area contributed by atoms with Gasteiger partial charge in [-0.05, 0) is 48.9 Å². The van der Waals surface area contributed by atoms with Crippen molar-refractivity contribution >= 4 is 0 Å². The molecule has 3 nitrogen and oxygen atoms in total. The summed E-state index contributed by atoms with van der Waals surface area (Å²) in [6, 6.07) is 6.59. The fourth-order valence-corrected chi connectivity index (χ4v) is 3.41. The molecule has 1 aromatic carbocycles. The van der Waals surface area contributed by atoms with E-state index in [0.29, 0.717) is 18.6 Å². The number of nitrogens with two attached hydrogens (primary N) is 1. The Balaban J connectivity index is 1.43. The highest BCUT2D eigenvalue weighted by molar-refractivity contribution is 5.21. The fourth-order valence-electron chi connectivity index (χ4n) is 3.41. The Kier molecular flexibility index (Phi) is 3.71. The van der Waals surface area contributed by atoms with Crippen LogP contribution in [-0.2, 0) is 0 Å². The van der Waals surface area contributed by atoms with Crippen molar-refractivity contribution in [3.05, 3.63) is 30.1 Å². The van der Waals surface area contributed by atoms with Gasteiger partial charge in [-0.15, -0.1) is 0 Å². The lowest BCUT2D eigenvalue weighted by Crippen LogP contribution is -2.32. The van der Waals surface area contributed by atoms with Gasteiger partial charge in [-0.2, -0.15) is 0 Å². The van der Waals surface area contributed by atoms with E-state index in [1.54, 1.807) is 12.1 Å². The summed E-state index contributed by atoms with van der Waals surface area (Å²) in [5.41, 5.74) is 6.12. The van der Waals surface area contributed by atoms with E-state index in [4.69, 9.17) is 10.5 Å². The van der Waals surface area contributed by atoms with Gasteiger partial charge in [-0.3, -0.25) is 4.90 Å². The summed E-state index contributed by atoms with van der Waals surface area (Å²) in [6.45, 7) is 3.85. The molecule has 1 heterocycles. The summed E-state index contributed by atoms with van der Waals surface area (Å²) in [7, 11) is 0. The van der Waals surface area contributed by atoms with Gasteiger partial charge in [0.25, 0.3) is 0 Å². The summed E-state index contributed by atoms with van der Waals surface area (Å²) in [5.74, 6) is 1.98. The number of likely N-dealkylation sites (tertiary alicyclic amines) is 1. The number of fused-ring (bicyclic) bond motifs is 1. The van der Waals surface area contributed by atoms with Gasteiger partial charge in [0.15, 0.2) is 0 Å². The minimum absolute atomic E-state index is 0.228. The molecule has 3 rings (SSSR count). The average Bonchev–Trinajstić information content (AvgIpc) is 2.95. The number of hydrogen-bond acceptors (Lipinski definition) is 3. The standard InChI is InChI=1S/C15H21FN2O/c16-12-2-4-13(5-3-12)19-8-7-18-9-11-1-6-15(17)14(11)10-18/h2-5,11,14-15H,1,6-10,17H2. The Hall–Kier alpha value is -1.13. The number of ether oxygens (including phenoxy) is 1. The third-order valence-corrected chi connectivity index (χ3v) is 4.48. The second-order valence-corrected chi connectivity index (χ2v) is 5.73. The third-order valence-electron chi connectivity index (χ3n) is 4.48. The van der Waals surface area contributed by atoms with Crippen molar-refractivity contribution in [2.45, 2.75) is 18.9 Å². The molecular weight excluding hydrogens is 243 g/mol. The van der Waals surface area contributed by atoms with E-state index in [2.05, 4.69) is 4.90 Å². The minimum atomic E-state index is -0.228. The molecule has 104 valence electrons. The van der Waals surface area contributed by atoms with Crippen LogP contribution in [0.1, 0.15) is 12.8 Å². The van der Waals surface area contributed by atoms with Crippen LogP contribution < -0.4 is 10.5 Å². The predicted molar refractivity (Wildman–Crippen MR) is 72.5 cm³/mol. The largest absolute Gasteiger partial charge is 0.492 e. The van der Waals surface area contributed by atoms with Crippen LogP contribution in [0, 0.1) is 17.7 Å². The maximum atomic E-state index is 12.7. The predicted octanol–water partition coefficient (Wildman–Crippen LogP) is 1.87. The molecule has 0 aromatic heterocycles. The van der Waals surface area contributed by atoms with Gasteiger partial charge >= 0.3 is 0 Å². The first-order valence-electron chi connectivity index (χ1n) is 7.08. The van der Waals surface area contributed by atoms with E-state index in [0.717, 1.165) is 31.3 Å². The monoisotopic (exact) mass is 264 g/mol. The maximum absolute atomic E-state index is 12.7. The first-order valence-corrected chi connectivity index (χ1v) is 7.08. The van der Waals surface area contributed by atoms with E-state index in [1.807, 2.05) is 0 Å². The van der Waals surface area contributed by atoms with Crippen LogP contribution in [0.4, 0.5) is 4.39 Å². The van der Waals surface area contributed by atoms with Gasteiger partial charge in [0.1, 0.15) is 18.2 Å². The lowest BCUT2D eigenvalue weighted by atomic mass is 9.98. The quantitative estimate of drug-likeness (QED) is 0.902. The summed E-state index contributed by atoms with van der Waals surface area (Å²) in [5, 5.41) is 0. The molecule has 4 heteroatoms. The molecule has 3 atom stereocenters. The van der Waals surface area contributed by atoms with Gasteiger partial charge in [0, 0.05) is 25.7 Å². The van der Waals surface area contributed by atoms with Gasteiger partial charge in [0.2, 0.25) is 0 Å². The zero-order valence-corrected chi connectivity index (χ0v) is 11.1. The molecule has 1 aliphatic carbocycles. The first kappa shape index (κ1) is 12.9. The second kappa shape index (κ2) is 5.47. The molecule has 0 spiro atoms. The minimum Gasteiger partial charge on any atom is -0.492 e. The number of rotatable bonds is 4. The van der Waals surface area contributed by atoms with E-state index in [-0.39, 0.29) is 5.82 Å². The second-order valence-electron chi connectivity index (χ2n) is 5.73. The van der Waals surface area contributed by atoms with Gasteiger partial charge < -0.3 is 10.5 Å². The number of benzene rings is 1. The molecule has 1 aromatic rings. The maximum Gasteiger partial charge on any atom is 0.123 e. The average molecular weight is 264 g/mol. The van der Waals surface area contributed by atoms with Crippen molar-refractivity contribution in [3.8, 4) is 5.75 Å². The lowest BCUT2D eigenvalue weighted by molar-refractivity contribution is 0.225. The van der Waals surface area contributed by atoms with E-state index < -0.39 is 0 Å².